The Bertz CT molecular complexity index is 413. The number of hydrogen-bond acceptors (Lipinski definition) is 5. The molecule has 0 spiro atoms. The Morgan fingerprint density at radius 2 is 2.11 bits per heavy atom. The molecule has 1 aliphatic carbocycles. The predicted octanol–water partition coefficient (Wildman–Crippen LogP) is 1.95. The van der Waals surface area contributed by atoms with Gasteiger partial charge in [-0.15, -0.1) is 0 Å². The summed E-state index contributed by atoms with van der Waals surface area (Å²) in [6.07, 6.45) is 5.15. The van der Waals surface area contributed by atoms with Gasteiger partial charge in [0.05, 0.1) is 6.10 Å². The Kier molecular flexibility index (Phi) is 3.32. The lowest BCUT2D eigenvalue weighted by Crippen LogP contribution is -2.19. The van der Waals surface area contributed by atoms with Crippen LogP contribution in [0.3, 0.4) is 0 Å². The second-order valence-electron chi connectivity index (χ2n) is 5.12. The van der Waals surface area contributed by atoms with Gasteiger partial charge in [0, 0.05) is 25.3 Å². The zero-order chi connectivity index (χ0) is 12.4. The zero-order valence-electron chi connectivity index (χ0n) is 10.8. The van der Waals surface area contributed by atoms with Gasteiger partial charge in [-0.2, -0.15) is 0 Å². The predicted molar refractivity (Wildman–Crippen MR) is 70.9 cm³/mol. The molecule has 3 rings (SSSR count). The smallest absolute Gasteiger partial charge is 0.132 e. The Labute approximate surface area is 107 Å². The molecule has 2 fully saturated rings. The summed E-state index contributed by atoms with van der Waals surface area (Å²) in [6, 6.07) is 2.60. The topological polar surface area (TPSA) is 59.1 Å². The van der Waals surface area contributed by atoms with E-state index in [0.717, 1.165) is 37.0 Å². The van der Waals surface area contributed by atoms with Crippen molar-refractivity contribution in [1.29, 1.82) is 0 Å². The van der Waals surface area contributed by atoms with E-state index in [2.05, 4.69) is 20.6 Å². The van der Waals surface area contributed by atoms with Crippen LogP contribution in [0, 0.1) is 6.92 Å². The number of nitrogens with one attached hydrogen (secondary N) is 2. The summed E-state index contributed by atoms with van der Waals surface area (Å²) in [5.74, 6) is 2.62. The minimum Gasteiger partial charge on any atom is -0.376 e. The van der Waals surface area contributed by atoms with Crippen LogP contribution in [0.5, 0.6) is 0 Å². The molecule has 0 amide bonds. The molecular formula is C13H20N4O. The van der Waals surface area contributed by atoms with Crippen molar-refractivity contribution in [2.24, 2.45) is 0 Å². The van der Waals surface area contributed by atoms with Gasteiger partial charge in [-0.05, 0) is 32.6 Å². The van der Waals surface area contributed by atoms with Crippen molar-refractivity contribution in [1.82, 2.24) is 9.97 Å². The standard InChI is InChI=1S/C13H20N4O/c1-9-15-12(14-8-11-3-2-6-18-11)7-13(16-9)17-10-4-5-10/h7,10-11H,2-6,8H2,1H3,(H2,14,15,16,17). The summed E-state index contributed by atoms with van der Waals surface area (Å²) in [7, 11) is 0. The van der Waals surface area contributed by atoms with Crippen LogP contribution >= 0.6 is 0 Å². The van der Waals surface area contributed by atoms with Crippen molar-refractivity contribution in [2.45, 2.75) is 44.8 Å². The van der Waals surface area contributed by atoms with E-state index < -0.39 is 0 Å². The highest BCUT2D eigenvalue weighted by Gasteiger charge is 2.21. The summed E-state index contributed by atoms with van der Waals surface area (Å²) in [5.41, 5.74) is 0. The number of aromatic nitrogens is 2. The van der Waals surface area contributed by atoms with Crippen molar-refractivity contribution >= 4 is 11.6 Å². The van der Waals surface area contributed by atoms with Gasteiger partial charge < -0.3 is 15.4 Å². The summed E-state index contributed by atoms with van der Waals surface area (Å²) in [5, 5.41) is 6.75. The third-order valence-corrected chi connectivity index (χ3v) is 3.30. The summed E-state index contributed by atoms with van der Waals surface area (Å²) >= 11 is 0. The number of nitrogens with zero attached hydrogens (tertiary/aromatic N) is 2. The van der Waals surface area contributed by atoms with E-state index in [-0.39, 0.29) is 0 Å². The molecule has 5 heteroatoms. The zero-order valence-corrected chi connectivity index (χ0v) is 10.8. The molecule has 1 atom stereocenters. The maximum Gasteiger partial charge on any atom is 0.132 e. The molecule has 2 N–H and O–H groups in total. The van der Waals surface area contributed by atoms with Gasteiger partial charge in [0.1, 0.15) is 17.5 Å². The minimum absolute atomic E-state index is 0.333. The number of rotatable bonds is 5. The highest BCUT2D eigenvalue weighted by molar-refractivity contribution is 5.48. The SMILES string of the molecule is Cc1nc(NCC2CCCO2)cc(NC2CC2)n1. The van der Waals surface area contributed by atoms with Gasteiger partial charge in [-0.1, -0.05) is 0 Å². The second kappa shape index (κ2) is 5.10. The first-order chi connectivity index (χ1) is 8.79. The minimum atomic E-state index is 0.333. The molecular weight excluding hydrogens is 228 g/mol. The van der Waals surface area contributed by atoms with E-state index in [4.69, 9.17) is 4.74 Å². The van der Waals surface area contributed by atoms with Gasteiger partial charge in [0.25, 0.3) is 0 Å². The molecule has 2 heterocycles. The van der Waals surface area contributed by atoms with E-state index >= 15 is 0 Å². The van der Waals surface area contributed by atoms with Crippen molar-refractivity contribution in [3.8, 4) is 0 Å². The molecule has 1 saturated heterocycles. The average molecular weight is 248 g/mol. The van der Waals surface area contributed by atoms with Crippen LogP contribution in [-0.4, -0.2) is 35.3 Å². The van der Waals surface area contributed by atoms with Crippen LogP contribution in [0.15, 0.2) is 6.07 Å². The van der Waals surface area contributed by atoms with Gasteiger partial charge in [-0.25, -0.2) is 9.97 Å². The first-order valence-corrected chi connectivity index (χ1v) is 6.77. The number of hydrogen-bond donors (Lipinski definition) is 2. The molecule has 1 unspecified atom stereocenters. The van der Waals surface area contributed by atoms with Crippen LogP contribution in [0.4, 0.5) is 11.6 Å². The Balaban J connectivity index is 1.60. The quantitative estimate of drug-likeness (QED) is 0.834. The Morgan fingerprint density at radius 1 is 1.28 bits per heavy atom. The molecule has 2 aliphatic rings. The Hall–Kier alpha value is -1.36. The normalized spacial score (nSPS) is 23.1. The van der Waals surface area contributed by atoms with E-state index in [9.17, 15) is 0 Å². The van der Waals surface area contributed by atoms with Gasteiger partial charge in [0.15, 0.2) is 0 Å². The van der Waals surface area contributed by atoms with Crippen molar-refractivity contribution in [3.63, 3.8) is 0 Å². The highest BCUT2D eigenvalue weighted by atomic mass is 16.5. The summed E-state index contributed by atoms with van der Waals surface area (Å²) in [4.78, 5) is 8.81. The number of anilines is 2. The van der Waals surface area contributed by atoms with E-state index in [1.807, 2.05) is 13.0 Å². The van der Waals surface area contributed by atoms with Crippen molar-refractivity contribution in [2.75, 3.05) is 23.8 Å². The van der Waals surface area contributed by atoms with Crippen molar-refractivity contribution in [3.05, 3.63) is 11.9 Å². The molecule has 0 aromatic carbocycles. The molecule has 18 heavy (non-hydrogen) atoms. The van der Waals surface area contributed by atoms with Gasteiger partial charge >= 0.3 is 0 Å². The van der Waals surface area contributed by atoms with Crippen LogP contribution in [0.2, 0.25) is 0 Å². The lowest BCUT2D eigenvalue weighted by molar-refractivity contribution is 0.120. The van der Waals surface area contributed by atoms with E-state index in [1.165, 1.54) is 19.3 Å². The summed E-state index contributed by atoms with van der Waals surface area (Å²) in [6.45, 7) is 3.65. The largest absolute Gasteiger partial charge is 0.376 e. The number of aryl methyl sites for hydroxylation is 1. The fraction of sp³-hybridized carbons (Fsp3) is 0.692. The van der Waals surface area contributed by atoms with Gasteiger partial charge in [0.2, 0.25) is 0 Å². The third kappa shape index (κ3) is 3.10. The highest BCUT2D eigenvalue weighted by Crippen LogP contribution is 2.24. The maximum absolute atomic E-state index is 5.59. The molecule has 98 valence electrons. The van der Waals surface area contributed by atoms with Gasteiger partial charge in [-0.3, -0.25) is 0 Å². The van der Waals surface area contributed by atoms with Crippen LogP contribution < -0.4 is 10.6 Å². The second-order valence-corrected chi connectivity index (χ2v) is 5.12. The lowest BCUT2D eigenvalue weighted by Gasteiger charge is -2.13. The molecule has 0 bridgehead atoms. The van der Waals surface area contributed by atoms with E-state index in [1.54, 1.807) is 0 Å². The fourth-order valence-electron chi connectivity index (χ4n) is 2.19. The molecule has 1 aromatic rings. The molecule has 0 radical (unpaired) electrons. The number of ether oxygens (including phenoxy) is 1. The first-order valence-electron chi connectivity index (χ1n) is 6.77. The van der Waals surface area contributed by atoms with Crippen LogP contribution in [0.25, 0.3) is 0 Å². The Morgan fingerprint density at radius 3 is 2.83 bits per heavy atom. The summed E-state index contributed by atoms with van der Waals surface area (Å²) < 4.78 is 5.59. The van der Waals surface area contributed by atoms with Crippen LogP contribution in [-0.2, 0) is 4.74 Å². The molecule has 1 aromatic heterocycles. The molecule has 5 nitrogen and oxygen atoms in total. The maximum atomic E-state index is 5.59. The molecule has 1 saturated carbocycles. The van der Waals surface area contributed by atoms with Crippen molar-refractivity contribution < 1.29 is 4.74 Å². The molecule has 1 aliphatic heterocycles. The first kappa shape index (κ1) is 11.7. The monoisotopic (exact) mass is 248 g/mol. The third-order valence-electron chi connectivity index (χ3n) is 3.30. The lowest BCUT2D eigenvalue weighted by atomic mass is 10.2. The fourth-order valence-corrected chi connectivity index (χ4v) is 2.19. The average Bonchev–Trinajstić information content (AvgIpc) is 2.99. The van der Waals surface area contributed by atoms with E-state index in [0.29, 0.717) is 12.1 Å². The van der Waals surface area contributed by atoms with Crippen LogP contribution in [0.1, 0.15) is 31.5 Å².